The molecular formula is C16H19N5OS. The van der Waals surface area contributed by atoms with Crippen LogP contribution in [0.5, 0.6) is 0 Å². The number of likely N-dealkylation sites (tertiary alicyclic amines) is 1. The van der Waals surface area contributed by atoms with E-state index >= 15 is 0 Å². The molecule has 0 saturated carbocycles. The van der Waals surface area contributed by atoms with Gasteiger partial charge in [0.05, 0.1) is 24.7 Å². The third kappa shape index (κ3) is 3.01. The third-order valence-corrected chi connectivity index (χ3v) is 5.15. The first-order chi connectivity index (χ1) is 11.3. The van der Waals surface area contributed by atoms with Crippen molar-refractivity contribution in [3.8, 4) is 0 Å². The van der Waals surface area contributed by atoms with Gasteiger partial charge in [0.2, 0.25) is 5.91 Å². The lowest BCUT2D eigenvalue weighted by Gasteiger charge is -2.35. The van der Waals surface area contributed by atoms with E-state index in [4.69, 9.17) is 0 Å². The number of rotatable bonds is 4. The molecule has 1 amide bonds. The van der Waals surface area contributed by atoms with Crippen molar-refractivity contribution < 1.29 is 4.79 Å². The molecule has 7 heteroatoms. The van der Waals surface area contributed by atoms with Crippen LogP contribution in [0.25, 0.3) is 4.96 Å². The number of aromatic nitrogens is 4. The van der Waals surface area contributed by atoms with Crippen molar-refractivity contribution in [2.75, 3.05) is 6.54 Å². The summed E-state index contributed by atoms with van der Waals surface area (Å²) in [5.74, 6) is 0.174. The van der Waals surface area contributed by atoms with Crippen LogP contribution < -0.4 is 0 Å². The number of carbonyl (C=O) groups is 1. The molecule has 23 heavy (non-hydrogen) atoms. The zero-order chi connectivity index (χ0) is 15.6. The van der Waals surface area contributed by atoms with Crippen LogP contribution in [0.1, 0.15) is 25.0 Å². The molecule has 0 aliphatic carbocycles. The van der Waals surface area contributed by atoms with Crippen LogP contribution in [0.2, 0.25) is 0 Å². The molecule has 3 aromatic heterocycles. The van der Waals surface area contributed by atoms with Crippen molar-refractivity contribution in [1.82, 2.24) is 24.1 Å². The van der Waals surface area contributed by atoms with Crippen LogP contribution in [0, 0.1) is 0 Å². The predicted octanol–water partition coefficient (Wildman–Crippen LogP) is 2.22. The largest absolute Gasteiger partial charge is 0.338 e. The monoisotopic (exact) mass is 329 g/mol. The zero-order valence-electron chi connectivity index (χ0n) is 12.8. The van der Waals surface area contributed by atoms with E-state index in [0.717, 1.165) is 36.6 Å². The fraction of sp³-hybridized carbons (Fsp3) is 0.438. The van der Waals surface area contributed by atoms with Gasteiger partial charge in [0.15, 0.2) is 4.96 Å². The summed E-state index contributed by atoms with van der Waals surface area (Å²) in [6.45, 7) is 1.62. The van der Waals surface area contributed by atoms with E-state index in [1.165, 1.54) is 6.42 Å². The van der Waals surface area contributed by atoms with Crippen molar-refractivity contribution in [1.29, 1.82) is 0 Å². The summed E-state index contributed by atoms with van der Waals surface area (Å²) >= 11 is 1.59. The maximum absolute atomic E-state index is 12.8. The standard InChI is InChI=1S/C16H19N5OS/c22-15(10-13-11-19-8-9-23-16(19)18-13)21-7-2-1-4-14(21)12-20-6-3-5-17-20/h3,5-6,8-9,11,14H,1-2,4,7,10,12H2/t14-/m1/s1. The highest BCUT2D eigenvalue weighted by Crippen LogP contribution is 2.20. The van der Waals surface area contributed by atoms with E-state index in [-0.39, 0.29) is 11.9 Å². The lowest BCUT2D eigenvalue weighted by atomic mass is 10.0. The summed E-state index contributed by atoms with van der Waals surface area (Å²) in [6, 6.07) is 2.16. The van der Waals surface area contributed by atoms with Crippen molar-refractivity contribution in [2.45, 2.75) is 38.3 Å². The molecule has 4 rings (SSSR count). The Morgan fingerprint density at radius 3 is 3.13 bits per heavy atom. The second kappa shape index (κ2) is 6.16. The summed E-state index contributed by atoms with van der Waals surface area (Å²) in [5.41, 5.74) is 0.852. The van der Waals surface area contributed by atoms with Gasteiger partial charge in [-0.1, -0.05) is 0 Å². The summed E-state index contributed by atoms with van der Waals surface area (Å²) in [5, 5.41) is 6.27. The number of hydrogen-bond donors (Lipinski definition) is 0. The Morgan fingerprint density at radius 2 is 2.30 bits per heavy atom. The Hall–Kier alpha value is -2.15. The van der Waals surface area contributed by atoms with Crippen LogP contribution >= 0.6 is 11.3 Å². The van der Waals surface area contributed by atoms with E-state index in [1.54, 1.807) is 17.5 Å². The third-order valence-electron chi connectivity index (χ3n) is 4.38. The number of piperidine rings is 1. The van der Waals surface area contributed by atoms with Crippen molar-refractivity contribution >= 4 is 22.2 Å². The number of carbonyl (C=O) groups excluding carboxylic acids is 1. The molecule has 6 nitrogen and oxygen atoms in total. The van der Waals surface area contributed by atoms with E-state index < -0.39 is 0 Å². The zero-order valence-corrected chi connectivity index (χ0v) is 13.7. The number of amides is 1. The van der Waals surface area contributed by atoms with Crippen molar-refractivity contribution in [3.63, 3.8) is 0 Å². The lowest BCUT2D eigenvalue weighted by Crippen LogP contribution is -2.46. The number of hydrogen-bond acceptors (Lipinski definition) is 4. The summed E-state index contributed by atoms with van der Waals surface area (Å²) in [4.78, 5) is 20.3. The first-order valence-corrected chi connectivity index (χ1v) is 8.85. The summed E-state index contributed by atoms with van der Waals surface area (Å²) < 4.78 is 3.90. The molecule has 1 aliphatic rings. The smallest absolute Gasteiger partial charge is 0.228 e. The van der Waals surface area contributed by atoms with Gasteiger partial charge in [-0.3, -0.25) is 13.9 Å². The minimum Gasteiger partial charge on any atom is -0.338 e. The Balaban J connectivity index is 1.47. The highest BCUT2D eigenvalue weighted by Gasteiger charge is 2.27. The van der Waals surface area contributed by atoms with Gasteiger partial charge < -0.3 is 4.90 Å². The van der Waals surface area contributed by atoms with Gasteiger partial charge in [0.25, 0.3) is 0 Å². The van der Waals surface area contributed by atoms with Gasteiger partial charge in [0.1, 0.15) is 0 Å². The quantitative estimate of drug-likeness (QED) is 0.737. The van der Waals surface area contributed by atoms with Gasteiger partial charge in [-0.15, -0.1) is 11.3 Å². The Kier molecular flexibility index (Phi) is 3.87. The summed E-state index contributed by atoms with van der Waals surface area (Å²) in [7, 11) is 0. The molecule has 1 fully saturated rings. The predicted molar refractivity (Wildman–Crippen MR) is 88.4 cm³/mol. The molecule has 0 aromatic carbocycles. The highest BCUT2D eigenvalue weighted by atomic mass is 32.1. The first kappa shape index (κ1) is 14.4. The number of fused-ring (bicyclic) bond motifs is 1. The average Bonchev–Trinajstić information content (AvgIpc) is 3.25. The molecule has 0 N–H and O–H groups in total. The highest BCUT2D eigenvalue weighted by molar-refractivity contribution is 7.15. The molecule has 1 saturated heterocycles. The Bertz CT molecular complexity index is 762. The SMILES string of the molecule is O=C(Cc1cn2ccsc2n1)N1CCCC[C@@H]1Cn1cccn1. The molecule has 0 unspecified atom stereocenters. The van der Waals surface area contributed by atoms with E-state index in [0.29, 0.717) is 6.42 Å². The molecule has 0 spiro atoms. The molecular weight excluding hydrogens is 310 g/mol. The molecule has 1 aliphatic heterocycles. The molecule has 1 atom stereocenters. The second-order valence-electron chi connectivity index (χ2n) is 5.97. The van der Waals surface area contributed by atoms with E-state index in [9.17, 15) is 4.79 Å². The fourth-order valence-corrected chi connectivity index (χ4v) is 3.98. The van der Waals surface area contributed by atoms with Gasteiger partial charge in [-0.25, -0.2) is 4.98 Å². The minimum absolute atomic E-state index is 0.174. The summed E-state index contributed by atoms with van der Waals surface area (Å²) in [6.07, 6.45) is 11.4. The molecule has 0 radical (unpaired) electrons. The average molecular weight is 329 g/mol. The fourth-order valence-electron chi connectivity index (χ4n) is 3.26. The van der Waals surface area contributed by atoms with Crippen LogP contribution in [0.4, 0.5) is 0 Å². The van der Waals surface area contributed by atoms with Crippen LogP contribution in [0.15, 0.2) is 36.2 Å². The van der Waals surface area contributed by atoms with Crippen molar-refractivity contribution in [3.05, 3.63) is 41.9 Å². The number of nitrogens with zero attached hydrogens (tertiary/aromatic N) is 5. The van der Waals surface area contributed by atoms with Gasteiger partial charge in [-0.05, 0) is 25.3 Å². The minimum atomic E-state index is 0.174. The maximum atomic E-state index is 12.8. The van der Waals surface area contributed by atoms with Crippen LogP contribution in [-0.4, -0.2) is 42.6 Å². The normalized spacial score (nSPS) is 18.6. The second-order valence-corrected chi connectivity index (χ2v) is 6.84. The Labute approximate surface area is 138 Å². The van der Waals surface area contributed by atoms with Crippen LogP contribution in [0.3, 0.4) is 0 Å². The topological polar surface area (TPSA) is 55.4 Å². The number of imidazole rings is 1. The van der Waals surface area contributed by atoms with Gasteiger partial charge >= 0.3 is 0 Å². The lowest BCUT2D eigenvalue weighted by molar-refractivity contribution is -0.134. The van der Waals surface area contributed by atoms with E-state index in [2.05, 4.69) is 10.1 Å². The molecule has 0 bridgehead atoms. The van der Waals surface area contributed by atoms with Gasteiger partial charge in [-0.2, -0.15) is 5.10 Å². The molecule has 4 heterocycles. The van der Waals surface area contributed by atoms with Gasteiger partial charge in [0, 0.05) is 36.7 Å². The Morgan fingerprint density at radius 1 is 1.35 bits per heavy atom. The van der Waals surface area contributed by atoms with Crippen LogP contribution in [-0.2, 0) is 17.8 Å². The number of thiazole rings is 1. The molecule has 3 aromatic rings. The maximum Gasteiger partial charge on any atom is 0.228 e. The molecule has 120 valence electrons. The van der Waals surface area contributed by atoms with Crippen molar-refractivity contribution in [2.24, 2.45) is 0 Å². The first-order valence-electron chi connectivity index (χ1n) is 7.97. The van der Waals surface area contributed by atoms with E-state index in [1.807, 2.05) is 44.0 Å².